The summed E-state index contributed by atoms with van der Waals surface area (Å²) in [5.74, 6) is 0.193. The highest BCUT2D eigenvalue weighted by Gasteiger charge is 2.15. The van der Waals surface area contributed by atoms with Crippen LogP contribution < -0.4 is 5.32 Å². The van der Waals surface area contributed by atoms with E-state index in [-0.39, 0.29) is 10.9 Å². The summed E-state index contributed by atoms with van der Waals surface area (Å²) >= 11 is 6.50. The van der Waals surface area contributed by atoms with Crippen molar-refractivity contribution in [3.05, 3.63) is 57.0 Å². The van der Waals surface area contributed by atoms with Gasteiger partial charge in [-0.3, -0.25) is 14.9 Å². The fourth-order valence-electron chi connectivity index (χ4n) is 1.60. The van der Waals surface area contributed by atoms with Gasteiger partial charge in [0.15, 0.2) is 0 Å². The van der Waals surface area contributed by atoms with Crippen LogP contribution in [0.15, 0.2) is 36.4 Å². The Morgan fingerprint density at radius 2 is 1.95 bits per heavy atom. The van der Waals surface area contributed by atoms with Gasteiger partial charge in [0.2, 0.25) is 0 Å². The number of benzene rings is 1. The van der Waals surface area contributed by atoms with Crippen LogP contribution in [0, 0.1) is 10.1 Å². The van der Waals surface area contributed by atoms with Gasteiger partial charge < -0.3 is 5.32 Å². The number of rotatable bonds is 5. The molecule has 1 N–H and O–H groups in total. The van der Waals surface area contributed by atoms with Crippen LogP contribution in [-0.4, -0.2) is 16.7 Å². The molecule has 20 heavy (non-hydrogen) atoms. The summed E-state index contributed by atoms with van der Waals surface area (Å²) in [5.41, 5.74) is 1.73. The third-order valence-corrected chi connectivity index (χ3v) is 3.82. The summed E-state index contributed by atoms with van der Waals surface area (Å²) in [4.78, 5) is 22.3. The predicted octanol–water partition coefficient (Wildman–Crippen LogP) is 3.69. The Balaban J connectivity index is 2.04. The van der Waals surface area contributed by atoms with Gasteiger partial charge in [-0.25, -0.2) is 0 Å². The lowest BCUT2D eigenvalue weighted by molar-refractivity contribution is -0.380. The molecule has 1 amide bonds. The third kappa shape index (κ3) is 3.55. The molecule has 0 fully saturated rings. The monoisotopic (exact) mass is 310 g/mol. The lowest BCUT2D eigenvalue weighted by Gasteiger charge is -2.04. The molecule has 0 aliphatic rings. The van der Waals surface area contributed by atoms with Crippen LogP contribution in [0.5, 0.6) is 0 Å². The second kappa shape index (κ2) is 6.49. The summed E-state index contributed by atoms with van der Waals surface area (Å²) < 4.78 is 0. The van der Waals surface area contributed by atoms with Crippen molar-refractivity contribution in [1.29, 1.82) is 0 Å². The highest BCUT2D eigenvalue weighted by atomic mass is 35.5. The van der Waals surface area contributed by atoms with E-state index in [9.17, 15) is 14.9 Å². The van der Waals surface area contributed by atoms with Crippen LogP contribution in [0.4, 0.5) is 10.7 Å². The average Bonchev–Trinajstić information content (AvgIpc) is 2.91. The van der Waals surface area contributed by atoms with Gasteiger partial charge in [-0.15, -0.1) is 11.6 Å². The second-order valence-electron chi connectivity index (χ2n) is 3.99. The average molecular weight is 311 g/mol. The SMILES string of the molecule is O=C(Nc1ccc(CCCl)cc1)c1ccc([N+](=O)[O-])s1. The molecule has 0 radical (unpaired) electrons. The van der Waals surface area contributed by atoms with E-state index in [1.807, 2.05) is 12.1 Å². The smallest absolute Gasteiger partial charge is 0.321 e. The molecule has 0 aliphatic heterocycles. The number of nitrogens with one attached hydrogen (secondary N) is 1. The molecule has 1 heterocycles. The van der Waals surface area contributed by atoms with E-state index in [0.29, 0.717) is 16.4 Å². The van der Waals surface area contributed by atoms with Crippen molar-refractivity contribution in [2.24, 2.45) is 0 Å². The molecule has 0 atom stereocenters. The first-order valence-corrected chi connectivity index (χ1v) is 7.16. The Morgan fingerprint density at radius 1 is 1.25 bits per heavy atom. The van der Waals surface area contributed by atoms with E-state index in [2.05, 4.69) is 5.32 Å². The molecule has 2 aromatic rings. The maximum absolute atomic E-state index is 11.9. The second-order valence-corrected chi connectivity index (χ2v) is 5.43. The first-order valence-electron chi connectivity index (χ1n) is 5.80. The first kappa shape index (κ1) is 14.5. The van der Waals surface area contributed by atoms with E-state index in [4.69, 9.17) is 11.6 Å². The molecule has 104 valence electrons. The van der Waals surface area contributed by atoms with Crippen LogP contribution in [-0.2, 0) is 6.42 Å². The standard InChI is InChI=1S/C13H11ClN2O3S/c14-8-7-9-1-3-10(4-2-9)15-13(17)11-5-6-12(20-11)16(18)19/h1-6H,7-8H2,(H,15,17). The summed E-state index contributed by atoms with van der Waals surface area (Å²) in [6, 6.07) is 10.1. The zero-order chi connectivity index (χ0) is 14.5. The minimum Gasteiger partial charge on any atom is -0.321 e. The third-order valence-electron chi connectivity index (χ3n) is 2.59. The minimum atomic E-state index is -0.512. The highest BCUT2D eigenvalue weighted by Crippen LogP contribution is 2.24. The highest BCUT2D eigenvalue weighted by molar-refractivity contribution is 7.17. The Morgan fingerprint density at radius 3 is 2.50 bits per heavy atom. The van der Waals surface area contributed by atoms with E-state index in [0.717, 1.165) is 23.3 Å². The van der Waals surface area contributed by atoms with E-state index >= 15 is 0 Å². The van der Waals surface area contributed by atoms with Crippen molar-refractivity contribution >= 4 is 39.5 Å². The maximum atomic E-state index is 11.9. The quantitative estimate of drug-likeness (QED) is 0.520. The number of thiophene rings is 1. The van der Waals surface area contributed by atoms with Crippen LogP contribution in [0.3, 0.4) is 0 Å². The van der Waals surface area contributed by atoms with Crippen molar-refractivity contribution < 1.29 is 9.72 Å². The maximum Gasteiger partial charge on any atom is 0.324 e. The van der Waals surface area contributed by atoms with Gasteiger partial charge in [0, 0.05) is 17.6 Å². The molecular formula is C13H11ClN2O3S. The number of aryl methyl sites for hydroxylation is 1. The number of amides is 1. The molecule has 0 bridgehead atoms. The van der Waals surface area contributed by atoms with Gasteiger partial charge in [0.05, 0.1) is 9.80 Å². The number of alkyl halides is 1. The van der Waals surface area contributed by atoms with Gasteiger partial charge in [0.1, 0.15) is 0 Å². The number of nitrogens with zero attached hydrogens (tertiary/aromatic N) is 1. The Hall–Kier alpha value is -1.92. The number of hydrogen-bond acceptors (Lipinski definition) is 4. The number of hydrogen-bond donors (Lipinski definition) is 1. The molecular weight excluding hydrogens is 300 g/mol. The molecule has 1 aromatic heterocycles. The molecule has 7 heteroatoms. The molecule has 1 aromatic carbocycles. The van der Waals surface area contributed by atoms with Crippen molar-refractivity contribution in [3.8, 4) is 0 Å². The lowest BCUT2D eigenvalue weighted by Crippen LogP contribution is -2.09. The fraction of sp³-hybridized carbons (Fsp3) is 0.154. The van der Waals surface area contributed by atoms with E-state index in [1.54, 1.807) is 12.1 Å². The molecule has 2 rings (SSSR count). The largest absolute Gasteiger partial charge is 0.324 e. The number of halogens is 1. The fourth-order valence-corrected chi connectivity index (χ4v) is 2.54. The zero-order valence-corrected chi connectivity index (χ0v) is 11.9. The van der Waals surface area contributed by atoms with Crippen LogP contribution in [0.2, 0.25) is 0 Å². The summed E-state index contributed by atoms with van der Waals surface area (Å²) in [7, 11) is 0. The van der Waals surface area contributed by atoms with Gasteiger partial charge in [-0.2, -0.15) is 0 Å². The number of anilines is 1. The molecule has 0 spiro atoms. The van der Waals surface area contributed by atoms with Crippen LogP contribution in [0.25, 0.3) is 0 Å². The van der Waals surface area contributed by atoms with Gasteiger partial charge >= 0.3 is 5.00 Å². The van der Waals surface area contributed by atoms with Gasteiger partial charge in [-0.1, -0.05) is 23.5 Å². The van der Waals surface area contributed by atoms with Crippen LogP contribution in [0.1, 0.15) is 15.2 Å². The van der Waals surface area contributed by atoms with E-state index < -0.39 is 4.92 Å². The molecule has 0 saturated heterocycles. The molecule has 5 nitrogen and oxygen atoms in total. The van der Waals surface area contributed by atoms with Crippen molar-refractivity contribution in [1.82, 2.24) is 0 Å². The summed E-state index contributed by atoms with van der Waals surface area (Å²) in [6.45, 7) is 0. The topological polar surface area (TPSA) is 72.2 Å². The van der Waals surface area contributed by atoms with Gasteiger partial charge in [-0.05, 0) is 30.2 Å². The van der Waals surface area contributed by atoms with Crippen molar-refractivity contribution in [3.63, 3.8) is 0 Å². The summed E-state index contributed by atoms with van der Waals surface area (Å²) in [6.07, 6.45) is 0.771. The van der Waals surface area contributed by atoms with E-state index in [1.165, 1.54) is 12.1 Å². The Kier molecular flexibility index (Phi) is 4.70. The zero-order valence-electron chi connectivity index (χ0n) is 10.3. The number of carbonyl (C=O) groups is 1. The Labute approximate surface area is 124 Å². The normalized spacial score (nSPS) is 10.2. The van der Waals surface area contributed by atoms with Crippen molar-refractivity contribution in [2.75, 3.05) is 11.2 Å². The Bertz CT molecular complexity index is 625. The molecule has 0 saturated carbocycles. The number of carbonyl (C=O) groups excluding carboxylic acids is 1. The molecule has 0 aliphatic carbocycles. The lowest BCUT2D eigenvalue weighted by atomic mass is 10.1. The summed E-state index contributed by atoms with van der Waals surface area (Å²) in [5, 5.41) is 13.2. The van der Waals surface area contributed by atoms with Crippen molar-refractivity contribution in [2.45, 2.75) is 6.42 Å². The minimum absolute atomic E-state index is 0.0485. The predicted molar refractivity (Wildman–Crippen MR) is 79.8 cm³/mol. The van der Waals surface area contributed by atoms with Crippen LogP contribution >= 0.6 is 22.9 Å². The first-order chi connectivity index (χ1) is 9.60. The number of nitro groups is 1. The van der Waals surface area contributed by atoms with Gasteiger partial charge in [0.25, 0.3) is 5.91 Å². The molecule has 0 unspecified atom stereocenters.